The van der Waals surface area contributed by atoms with Crippen molar-refractivity contribution in [2.75, 3.05) is 19.6 Å². The van der Waals surface area contributed by atoms with Crippen molar-refractivity contribution < 1.29 is 5.11 Å². The molecule has 3 nitrogen and oxygen atoms in total. The second-order valence-electron chi connectivity index (χ2n) is 5.02. The third-order valence-corrected chi connectivity index (χ3v) is 3.93. The largest absolute Gasteiger partial charge is 0.392 e. The van der Waals surface area contributed by atoms with Crippen LogP contribution in [0, 0.1) is 0 Å². The predicted molar refractivity (Wildman–Crippen MR) is 61.9 cm³/mol. The van der Waals surface area contributed by atoms with Crippen LogP contribution in [0.4, 0.5) is 0 Å². The highest BCUT2D eigenvalue weighted by Crippen LogP contribution is 2.26. The van der Waals surface area contributed by atoms with Crippen LogP contribution in [0.3, 0.4) is 0 Å². The average Bonchev–Trinajstić information content (AvgIpc) is 2.72. The average molecular weight is 212 g/mol. The standard InChI is InChI=1S/C12H24N2O/c1-2-12(15)9-13-10-5-7-14-6-3-4-11(14)8-10/h10-13,15H,2-9H2,1H3. The van der Waals surface area contributed by atoms with E-state index in [9.17, 15) is 5.11 Å². The summed E-state index contributed by atoms with van der Waals surface area (Å²) in [6.07, 6.45) is 6.01. The number of nitrogens with one attached hydrogen (secondary N) is 1. The highest BCUT2D eigenvalue weighted by Gasteiger charge is 2.31. The molecule has 0 radical (unpaired) electrons. The van der Waals surface area contributed by atoms with Crippen LogP contribution in [0.5, 0.6) is 0 Å². The summed E-state index contributed by atoms with van der Waals surface area (Å²) in [6.45, 7) is 5.37. The Morgan fingerprint density at radius 1 is 1.40 bits per heavy atom. The van der Waals surface area contributed by atoms with Crippen LogP contribution in [0.25, 0.3) is 0 Å². The zero-order chi connectivity index (χ0) is 10.7. The fourth-order valence-corrected chi connectivity index (χ4v) is 2.86. The maximum absolute atomic E-state index is 9.50. The topological polar surface area (TPSA) is 35.5 Å². The molecule has 3 unspecified atom stereocenters. The van der Waals surface area contributed by atoms with Crippen LogP contribution < -0.4 is 5.32 Å². The van der Waals surface area contributed by atoms with Gasteiger partial charge in [-0.1, -0.05) is 6.92 Å². The third-order valence-electron chi connectivity index (χ3n) is 3.93. The van der Waals surface area contributed by atoms with Gasteiger partial charge < -0.3 is 15.3 Å². The first-order chi connectivity index (χ1) is 7.29. The Labute approximate surface area is 92.8 Å². The van der Waals surface area contributed by atoms with Crippen LogP contribution in [-0.2, 0) is 0 Å². The highest BCUT2D eigenvalue weighted by molar-refractivity contribution is 4.89. The minimum Gasteiger partial charge on any atom is -0.392 e. The zero-order valence-electron chi connectivity index (χ0n) is 9.78. The molecule has 2 fully saturated rings. The summed E-state index contributed by atoms with van der Waals surface area (Å²) in [4.78, 5) is 2.63. The Bertz CT molecular complexity index is 198. The van der Waals surface area contributed by atoms with Gasteiger partial charge in [0.2, 0.25) is 0 Å². The fraction of sp³-hybridized carbons (Fsp3) is 1.00. The lowest BCUT2D eigenvalue weighted by Crippen LogP contribution is -2.47. The molecular formula is C12H24N2O. The van der Waals surface area contributed by atoms with Gasteiger partial charge in [0.1, 0.15) is 0 Å². The zero-order valence-corrected chi connectivity index (χ0v) is 9.78. The van der Waals surface area contributed by atoms with Gasteiger partial charge in [-0.05, 0) is 45.2 Å². The molecular weight excluding hydrogens is 188 g/mol. The van der Waals surface area contributed by atoms with E-state index in [1.54, 1.807) is 0 Å². The second kappa shape index (κ2) is 5.28. The lowest BCUT2D eigenvalue weighted by atomic mass is 9.97. The molecule has 0 aromatic rings. The van der Waals surface area contributed by atoms with E-state index in [0.29, 0.717) is 6.04 Å². The molecule has 3 atom stereocenters. The maximum Gasteiger partial charge on any atom is 0.0662 e. The van der Waals surface area contributed by atoms with Gasteiger partial charge in [0.25, 0.3) is 0 Å². The number of hydrogen-bond donors (Lipinski definition) is 2. The van der Waals surface area contributed by atoms with Gasteiger partial charge in [-0.3, -0.25) is 0 Å². The number of piperidine rings is 1. The van der Waals surface area contributed by atoms with Crippen LogP contribution in [0.2, 0.25) is 0 Å². The van der Waals surface area contributed by atoms with E-state index in [0.717, 1.165) is 19.0 Å². The van der Waals surface area contributed by atoms with E-state index in [1.165, 1.54) is 38.8 Å². The maximum atomic E-state index is 9.50. The van der Waals surface area contributed by atoms with Crippen molar-refractivity contribution in [2.45, 2.75) is 57.2 Å². The number of rotatable bonds is 4. The Morgan fingerprint density at radius 2 is 2.27 bits per heavy atom. The molecule has 2 saturated heterocycles. The van der Waals surface area contributed by atoms with Gasteiger partial charge in [-0.25, -0.2) is 0 Å². The molecule has 0 saturated carbocycles. The molecule has 15 heavy (non-hydrogen) atoms. The van der Waals surface area contributed by atoms with Crippen molar-refractivity contribution >= 4 is 0 Å². The van der Waals surface area contributed by atoms with Gasteiger partial charge >= 0.3 is 0 Å². The molecule has 0 amide bonds. The molecule has 88 valence electrons. The molecule has 3 heteroatoms. The summed E-state index contributed by atoms with van der Waals surface area (Å²) in [5, 5.41) is 13.0. The van der Waals surface area contributed by atoms with Crippen LogP contribution in [0.1, 0.15) is 39.0 Å². The highest BCUT2D eigenvalue weighted by atomic mass is 16.3. The van der Waals surface area contributed by atoms with Crippen molar-refractivity contribution in [2.24, 2.45) is 0 Å². The first-order valence-corrected chi connectivity index (χ1v) is 6.45. The summed E-state index contributed by atoms with van der Waals surface area (Å²) in [5.74, 6) is 0. The van der Waals surface area contributed by atoms with Crippen molar-refractivity contribution in [1.29, 1.82) is 0 Å². The number of fused-ring (bicyclic) bond motifs is 1. The molecule has 2 aliphatic rings. The first kappa shape index (κ1) is 11.4. The summed E-state index contributed by atoms with van der Waals surface area (Å²) in [6, 6.07) is 1.47. The van der Waals surface area contributed by atoms with Gasteiger partial charge in [-0.15, -0.1) is 0 Å². The van der Waals surface area contributed by atoms with Gasteiger partial charge in [0.15, 0.2) is 0 Å². The number of nitrogens with zero attached hydrogens (tertiary/aromatic N) is 1. The van der Waals surface area contributed by atoms with Crippen molar-refractivity contribution in [3.8, 4) is 0 Å². The number of hydrogen-bond acceptors (Lipinski definition) is 3. The van der Waals surface area contributed by atoms with Crippen LogP contribution in [-0.4, -0.2) is 47.8 Å². The number of aliphatic hydroxyl groups is 1. The summed E-state index contributed by atoms with van der Waals surface area (Å²) in [7, 11) is 0. The van der Waals surface area contributed by atoms with E-state index in [1.807, 2.05) is 6.92 Å². The van der Waals surface area contributed by atoms with E-state index < -0.39 is 0 Å². The molecule has 0 spiro atoms. The van der Waals surface area contributed by atoms with Crippen molar-refractivity contribution in [3.05, 3.63) is 0 Å². The van der Waals surface area contributed by atoms with Crippen molar-refractivity contribution in [1.82, 2.24) is 10.2 Å². The molecule has 2 aliphatic heterocycles. The molecule has 2 rings (SSSR count). The Morgan fingerprint density at radius 3 is 3.07 bits per heavy atom. The Balaban J connectivity index is 1.71. The third kappa shape index (κ3) is 2.92. The monoisotopic (exact) mass is 212 g/mol. The molecule has 2 N–H and O–H groups in total. The minimum atomic E-state index is -0.161. The fourth-order valence-electron chi connectivity index (χ4n) is 2.86. The van der Waals surface area contributed by atoms with Crippen LogP contribution >= 0.6 is 0 Å². The molecule has 0 aliphatic carbocycles. The summed E-state index contributed by atoms with van der Waals surface area (Å²) >= 11 is 0. The lowest BCUT2D eigenvalue weighted by molar-refractivity contribution is 0.135. The van der Waals surface area contributed by atoms with Gasteiger partial charge in [-0.2, -0.15) is 0 Å². The SMILES string of the molecule is CCC(O)CNC1CCN2CCCC2C1. The van der Waals surface area contributed by atoms with Gasteiger partial charge in [0.05, 0.1) is 6.10 Å². The van der Waals surface area contributed by atoms with E-state index in [-0.39, 0.29) is 6.10 Å². The quantitative estimate of drug-likeness (QED) is 0.729. The molecule has 0 aromatic heterocycles. The summed E-state index contributed by atoms with van der Waals surface area (Å²) < 4.78 is 0. The van der Waals surface area contributed by atoms with Gasteiger partial charge in [0, 0.05) is 18.6 Å². The Hall–Kier alpha value is -0.120. The van der Waals surface area contributed by atoms with Crippen molar-refractivity contribution in [3.63, 3.8) is 0 Å². The smallest absolute Gasteiger partial charge is 0.0662 e. The molecule has 2 heterocycles. The predicted octanol–water partition coefficient (Wildman–Crippen LogP) is 0.974. The molecule has 0 aromatic carbocycles. The Kier molecular flexibility index (Phi) is 4.00. The summed E-state index contributed by atoms with van der Waals surface area (Å²) in [5.41, 5.74) is 0. The van der Waals surface area contributed by atoms with E-state index >= 15 is 0 Å². The van der Waals surface area contributed by atoms with E-state index in [4.69, 9.17) is 0 Å². The minimum absolute atomic E-state index is 0.161. The molecule has 0 bridgehead atoms. The number of aliphatic hydroxyl groups excluding tert-OH is 1. The first-order valence-electron chi connectivity index (χ1n) is 6.45. The second-order valence-corrected chi connectivity index (χ2v) is 5.02. The lowest BCUT2D eigenvalue weighted by Gasteiger charge is -2.35. The van der Waals surface area contributed by atoms with Crippen LogP contribution in [0.15, 0.2) is 0 Å². The van der Waals surface area contributed by atoms with E-state index in [2.05, 4.69) is 10.2 Å². The normalized spacial score (nSPS) is 34.0.